The summed E-state index contributed by atoms with van der Waals surface area (Å²) >= 11 is 4.88. The Balaban J connectivity index is 2.33. The Morgan fingerprint density at radius 1 is 1.43 bits per heavy atom. The van der Waals surface area contributed by atoms with Gasteiger partial charge in [-0.1, -0.05) is 52.3 Å². The first kappa shape index (κ1) is 15.9. The third kappa shape index (κ3) is 3.80. The van der Waals surface area contributed by atoms with E-state index in [-0.39, 0.29) is 5.91 Å². The SMILES string of the molecule is C=CCN(C(=O)C(C)(C)Br)c1nc(-c2ccccc2)cs1. The smallest absolute Gasteiger partial charge is 0.245 e. The van der Waals surface area contributed by atoms with Gasteiger partial charge in [-0.05, 0) is 13.8 Å². The molecule has 0 saturated carbocycles. The number of amides is 1. The Kier molecular flexibility index (Phi) is 4.96. The highest BCUT2D eigenvalue weighted by molar-refractivity contribution is 9.10. The minimum atomic E-state index is -0.630. The molecule has 1 heterocycles. The van der Waals surface area contributed by atoms with Gasteiger partial charge in [0.1, 0.15) is 0 Å². The van der Waals surface area contributed by atoms with Gasteiger partial charge >= 0.3 is 0 Å². The van der Waals surface area contributed by atoms with Gasteiger partial charge < -0.3 is 0 Å². The molecule has 2 rings (SSSR count). The first-order valence-electron chi connectivity index (χ1n) is 6.56. The molecule has 0 unspecified atom stereocenters. The van der Waals surface area contributed by atoms with Crippen molar-refractivity contribution in [1.29, 1.82) is 0 Å². The predicted molar refractivity (Wildman–Crippen MR) is 93.1 cm³/mol. The van der Waals surface area contributed by atoms with Crippen LogP contribution in [-0.2, 0) is 4.79 Å². The van der Waals surface area contributed by atoms with Crippen LogP contribution in [0.25, 0.3) is 11.3 Å². The molecule has 0 aliphatic rings. The van der Waals surface area contributed by atoms with Gasteiger partial charge in [0.05, 0.1) is 10.0 Å². The van der Waals surface area contributed by atoms with Crippen LogP contribution in [0.3, 0.4) is 0 Å². The second-order valence-electron chi connectivity index (χ2n) is 5.06. The number of carbonyl (C=O) groups excluding carboxylic acids is 1. The summed E-state index contributed by atoms with van der Waals surface area (Å²) in [5, 5.41) is 2.65. The fourth-order valence-corrected chi connectivity index (χ4v) is 2.88. The zero-order valence-electron chi connectivity index (χ0n) is 12.0. The van der Waals surface area contributed by atoms with Gasteiger partial charge in [0.2, 0.25) is 5.91 Å². The van der Waals surface area contributed by atoms with Crippen LogP contribution in [0, 0.1) is 0 Å². The van der Waals surface area contributed by atoms with Crippen LogP contribution in [0.1, 0.15) is 13.8 Å². The minimum absolute atomic E-state index is 0.0311. The van der Waals surface area contributed by atoms with Crippen molar-refractivity contribution in [2.24, 2.45) is 0 Å². The molecule has 3 nitrogen and oxygen atoms in total. The Morgan fingerprint density at radius 3 is 2.67 bits per heavy atom. The molecule has 0 spiro atoms. The van der Waals surface area contributed by atoms with E-state index in [0.717, 1.165) is 11.3 Å². The van der Waals surface area contributed by atoms with Crippen molar-refractivity contribution in [3.8, 4) is 11.3 Å². The number of alkyl halides is 1. The minimum Gasteiger partial charge on any atom is -0.283 e. The molecule has 2 aromatic rings. The van der Waals surface area contributed by atoms with E-state index < -0.39 is 4.32 Å². The largest absolute Gasteiger partial charge is 0.283 e. The van der Waals surface area contributed by atoms with Crippen LogP contribution in [0.5, 0.6) is 0 Å². The molecule has 0 aliphatic carbocycles. The van der Waals surface area contributed by atoms with E-state index in [0.29, 0.717) is 11.7 Å². The fourth-order valence-electron chi connectivity index (χ4n) is 1.83. The maximum Gasteiger partial charge on any atom is 0.245 e. The van der Waals surface area contributed by atoms with Gasteiger partial charge in [-0.25, -0.2) is 4.98 Å². The monoisotopic (exact) mass is 364 g/mol. The lowest BCUT2D eigenvalue weighted by Gasteiger charge is -2.25. The normalized spacial score (nSPS) is 11.2. The van der Waals surface area contributed by atoms with Crippen LogP contribution in [0.2, 0.25) is 0 Å². The average Bonchev–Trinajstić information content (AvgIpc) is 2.93. The summed E-state index contributed by atoms with van der Waals surface area (Å²) < 4.78 is -0.630. The number of hydrogen-bond acceptors (Lipinski definition) is 3. The maximum atomic E-state index is 12.5. The highest BCUT2D eigenvalue weighted by Crippen LogP contribution is 2.30. The maximum absolute atomic E-state index is 12.5. The van der Waals surface area contributed by atoms with Crippen molar-refractivity contribution in [2.75, 3.05) is 11.4 Å². The highest BCUT2D eigenvalue weighted by atomic mass is 79.9. The molecule has 0 radical (unpaired) electrons. The summed E-state index contributed by atoms with van der Waals surface area (Å²) in [5.74, 6) is -0.0311. The van der Waals surface area contributed by atoms with Crippen molar-refractivity contribution in [1.82, 2.24) is 4.98 Å². The van der Waals surface area contributed by atoms with Crippen LogP contribution in [-0.4, -0.2) is 21.8 Å². The Bertz CT molecular complexity index is 631. The molecule has 1 aromatic heterocycles. The van der Waals surface area contributed by atoms with Gasteiger partial charge in [-0.15, -0.1) is 17.9 Å². The molecule has 110 valence electrons. The zero-order chi connectivity index (χ0) is 15.5. The highest BCUT2D eigenvalue weighted by Gasteiger charge is 2.31. The van der Waals surface area contributed by atoms with E-state index in [9.17, 15) is 4.79 Å². The third-order valence-corrected chi connectivity index (χ3v) is 4.06. The number of nitrogens with zero attached hydrogens (tertiary/aromatic N) is 2. The molecular weight excluding hydrogens is 348 g/mol. The van der Waals surface area contributed by atoms with Gasteiger partial charge in [-0.3, -0.25) is 9.69 Å². The number of halogens is 1. The van der Waals surface area contributed by atoms with Crippen molar-refractivity contribution < 1.29 is 4.79 Å². The van der Waals surface area contributed by atoms with E-state index in [4.69, 9.17) is 0 Å². The van der Waals surface area contributed by atoms with Crippen LogP contribution >= 0.6 is 27.3 Å². The van der Waals surface area contributed by atoms with Gasteiger partial charge in [-0.2, -0.15) is 0 Å². The molecular formula is C16H17BrN2OS. The van der Waals surface area contributed by atoms with Gasteiger partial charge in [0.15, 0.2) is 5.13 Å². The lowest BCUT2D eigenvalue weighted by molar-refractivity contribution is -0.119. The molecule has 5 heteroatoms. The summed E-state index contributed by atoms with van der Waals surface area (Å²) in [4.78, 5) is 18.7. The molecule has 0 bridgehead atoms. The van der Waals surface area contributed by atoms with E-state index in [1.165, 1.54) is 11.3 Å². The fraction of sp³-hybridized carbons (Fsp3) is 0.250. The Hall–Kier alpha value is -1.46. The lowest BCUT2D eigenvalue weighted by Crippen LogP contribution is -2.41. The molecule has 0 fully saturated rings. The molecule has 1 aromatic carbocycles. The van der Waals surface area contributed by atoms with Crippen molar-refractivity contribution >= 4 is 38.3 Å². The quantitative estimate of drug-likeness (QED) is 0.577. The summed E-state index contributed by atoms with van der Waals surface area (Å²) in [6.07, 6.45) is 1.71. The Morgan fingerprint density at radius 2 is 2.10 bits per heavy atom. The number of carbonyl (C=O) groups is 1. The number of hydrogen-bond donors (Lipinski definition) is 0. The first-order valence-corrected chi connectivity index (χ1v) is 8.23. The summed E-state index contributed by atoms with van der Waals surface area (Å²) in [6, 6.07) is 9.93. The van der Waals surface area contributed by atoms with E-state index in [2.05, 4.69) is 27.5 Å². The van der Waals surface area contributed by atoms with E-state index in [1.807, 2.05) is 49.6 Å². The molecule has 1 amide bonds. The van der Waals surface area contributed by atoms with Crippen molar-refractivity contribution in [3.63, 3.8) is 0 Å². The summed E-state index contributed by atoms with van der Waals surface area (Å²) in [6.45, 7) is 7.82. The summed E-state index contributed by atoms with van der Waals surface area (Å²) in [5.41, 5.74) is 1.92. The molecule has 0 atom stereocenters. The van der Waals surface area contributed by atoms with Gasteiger partial charge in [0.25, 0.3) is 0 Å². The average molecular weight is 365 g/mol. The van der Waals surface area contributed by atoms with Crippen molar-refractivity contribution in [3.05, 3.63) is 48.4 Å². The topological polar surface area (TPSA) is 33.2 Å². The molecule has 0 N–H and O–H groups in total. The second kappa shape index (κ2) is 6.54. The van der Waals surface area contributed by atoms with E-state index >= 15 is 0 Å². The van der Waals surface area contributed by atoms with E-state index in [1.54, 1.807) is 11.0 Å². The first-order chi connectivity index (χ1) is 9.93. The molecule has 0 saturated heterocycles. The number of benzene rings is 1. The zero-order valence-corrected chi connectivity index (χ0v) is 14.4. The lowest BCUT2D eigenvalue weighted by atomic mass is 10.2. The number of thiazole rings is 1. The standard InChI is InChI=1S/C16H17BrN2OS/c1-4-10-19(14(20)16(2,3)17)15-18-13(11-21-15)12-8-6-5-7-9-12/h4-9,11H,1,10H2,2-3H3. The van der Waals surface area contributed by atoms with Crippen LogP contribution in [0.15, 0.2) is 48.4 Å². The predicted octanol–water partition coefficient (Wildman–Crippen LogP) is 4.50. The van der Waals surface area contributed by atoms with Crippen LogP contribution in [0.4, 0.5) is 5.13 Å². The van der Waals surface area contributed by atoms with Gasteiger partial charge in [0, 0.05) is 17.5 Å². The third-order valence-electron chi connectivity index (χ3n) is 2.86. The summed E-state index contributed by atoms with van der Waals surface area (Å²) in [7, 11) is 0. The Labute approximate surface area is 137 Å². The van der Waals surface area contributed by atoms with Crippen molar-refractivity contribution in [2.45, 2.75) is 18.2 Å². The molecule has 21 heavy (non-hydrogen) atoms. The second-order valence-corrected chi connectivity index (χ2v) is 7.88. The number of anilines is 1. The number of rotatable bonds is 5. The number of aromatic nitrogens is 1. The van der Waals surface area contributed by atoms with Crippen LogP contribution < -0.4 is 4.90 Å². The molecule has 0 aliphatic heterocycles.